The first-order valence-electron chi connectivity index (χ1n) is 6.21. The Kier molecular flexibility index (Phi) is 5.77. The predicted molar refractivity (Wildman–Crippen MR) is 62.3 cm³/mol. The molecule has 1 rings (SSSR count). The lowest BCUT2D eigenvalue weighted by atomic mass is 10.3. The lowest BCUT2D eigenvalue weighted by Gasteiger charge is -2.19. The average molecular weight is 229 g/mol. The molecule has 0 aromatic rings. The fourth-order valence-electron chi connectivity index (χ4n) is 1.34. The summed E-state index contributed by atoms with van der Waals surface area (Å²) in [7, 11) is 0. The Morgan fingerprint density at radius 3 is 2.62 bits per heavy atom. The summed E-state index contributed by atoms with van der Waals surface area (Å²) in [6.07, 6.45) is 3.45. The molecule has 4 nitrogen and oxygen atoms in total. The number of carbonyl (C=O) groups excluding carboxylic acids is 1. The van der Waals surface area contributed by atoms with Crippen LogP contribution in [-0.4, -0.2) is 37.4 Å². The minimum absolute atomic E-state index is 0.193. The summed E-state index contributed by atoms with van der Waals surface area (Å²) in [5.41, 5.74) is 0. The minimum atomic E-state index is -0.304. The van der Waals surface area contributed by atoms with E-state index in [0.717, 1.165) is 19.3 Å². The van der Waals surface area contributed by atoms with Crippen LogP contribution in [0.4, 0.5) is 0 Å². The zero-order valence-electron chi connectivity index (χ0n) is 10.5. The summed E-state index contributed by atoms with van der Waals surface area (Å²) in [6.45, 7) is 6.73. The molecule has 0 bridgehead atoms. The van der Waals surface area contributed by atoms with E-state index in [1.165, 1.54) is 0 Å². The van der Waals surface area contributed by atoms with Crippen molar-refractivity contribution < 1.29 is 14.3 Å². The SMILES string of the molecule is CCOC(=O)C(COC(C)CC)NC1CC1. The van der Waals surface area contributed by atoms with Gasteiger partial charge in [-0.1, -0.05) is 6.92 Å². The Hall–Kier alpha value is -0.610. The van der Waals surface area contributed by atoms with E-state index in [4.69, 9.17) is 9.47 Å². The Morgan fingerprint density at radius 1 is 1.44 bits per heavy atom. The van der Waals surface area contributed by atoms with Crippen LogP contribution in [0.15, 0.2) is 0 Å². The molecule has 0 spiro atoms. The highest BCUT2D eigenvalue weighted by molar-refractivity contribution is 5.76. The summed E-state index contributed by atoms with van der Waals surface area (Å²) < 4.78 is 10.6. The van der Waals surface area contributed by atoms with Gasteiger partial charge in [-0.25, -0.2) is 0 Å². The minimum Gasteiger partial charge on any atom is -0.465 e. The lowest BCUT2D eigenvalue weighted by molar-refractivity contribution is -0.148. The van der Waals surface area contributed by atoms with Gasteiger partial charge < -0.3 is 9.47 Å². The molecule has 1 N–H and O–H groups in total. The van der Waals surface area contributed by atoms with Gasteiger partial charge in [0, 0.05) is 6.04 Å². The quantitative estimate of drug-likeness (QED) is 0.641. The molecule has 4 heteroatoms. The summed E-state index contributed by atoms with van der Waals surface area (Å²) in [5, 5.41) is 3.26. The topological polar surface area (TPSA) is 47.6 Å². The van der Waals surface area contributed by atoms with Crippen LogP contribution in [0.5, 0.6) is 0 Å². The molecule has 0 aliphatic heterocycles. The first-order chi connectivity index (χ1) is 7.67. The molecule has 0 radical (unpaired) electrons. The first kappa shape index (κ1) is 13.5. The van der Waals surface area contributed by atoms with E-state index >= 15 is 0 Å². The van der Waals surface area contributed by atoms with Gasteiger partial charge in [-0.15, -0.1) is 0 Å². The molecule has 1 saturated carbocycles. The van der Waals surface area contributed by atoms with Gasteiger partial charge in [-0.3, -0.25) is 10.1 Å². The van der Waals surface area contributed by atoms with Crippen molar-refractivity contribution in [2.75, 3.05) is 13.2 Å². The number of ether oxygens (including phenoxy) is 2. The van der Waals surface area contributed by atoms with Crippen LogP contribution in [0.3, 0.4) is 0 Å². The molecule has 16 heavy (non-hydrogen) atoms. The van der Waals surface area contributed by atoms with Crippen LogP contribution < -0.4 is 5.32 Å². The third-order valence-electron chi connectivity index (χ3n) is 2.71. The van der Waals surface area contributed by atoms with E-state index in [0.29, 0.717) is 19.3 Å². The van der Waals surface area contributed by atoms with Crippen molar-refractivity contribution in [3.63, 3.8) is 0 Å². The number of carbonyl (C=O) groups is 1. The smallest absolute Gasteiger partial charge is 0.325 e. The van der Waals surface area contributed by atoms with Crippen LogP contribution in [-0.2, 0) is 14.3 Å². The fraction of sp³-hybridized carbons (Fsp3) is 0.917. The van der Waals surface area contributed by atoms with Crippen molar-refractivity contribution in [1.82, 2.24) is 5.32 Å². The summed E-state index contributed by atoms with van der Waals surface area (Å²) in [6, 6.07) is 0.177. The number of hydrogen-bond acceptors (Lipinski definition) is 4. The van der Waals surface area contributed by atoms with Gasteiger partial charge in [0.15, 0.2) is 0 Å². The summed E-state index contributed by atoms with van der Waals surface area (Å²) >= 11 is 0. The van der Waals surface area contributed by atoms with E-state index in [2.05, 4.69) is 12.2 Å². The largest absolute Gasteiger partial charge is 0.465 e. The van der Waals surface area contributed by atoms with Crippen LogP contribution >= 0.6 is 0 Å². The van der Waals surface area contributed by atoms with Gasteiger partial charge in [0.05, 0.1) is 19.3 Å². The molecule has 2 unspecified atom stereocenters. The molecule has 1 aliphatic carbocycles. The van der Waals surface area contributed by atoms with Crippen LogP contribution in [0.2, 0.25) is 0 Å². The normalized spacial score (nSPS) is 19.2. The number of nitrogens with one attached hydrogen (secondary N) is 1. The van der Waals surface area contributed by atoms with Crippen molar-refractivity contribution >= 4 is 5.97 Å². The molecule has 0 saturated heterocycles. The third kappa shape index (κ3) is 4.94. The zero-order valence-corrected chi connectivity index (χ0v) is 10.5. The Balaban J connectivity index is 2.32. The second-order valence-electron chi connectivity index (χ2n) is 4.30. The highest BCUT2D eigenvalue weighted by Crippen LogP contribution is 2.19. The van der Waals surface area contributed by atoms with Crippen molar-refractivity contribution in [2.24, 2.45) is 0 Å². The Labute approximate surface area is 97.7 Å². The van der Waals surface area contributed by atoms with Gasteiger partial charge in [-0.2, -0.15) is 0 Å². The molecule has 0 aromatic heterocycles. The molecule has 2 atom stereocenters. The van der Waals surface area contributed by atoms with E-state index < -0.39 is 0 Å². The second kappa shape index (κ2) is 6.86. The molecular weight excluding hydrogens is 206 g/mol. The Morgan fingerprint density at radius 2 is 2.12 bits per heavy atom. The summed E-state index contributed by atoms with van der Waals surface area (Å²) in [5.74, 6) is -0.197. The van der Waals surface area contributed by atoms with Crippen molar-refractivity contribution in [3.05, 3.63) is 0 Å². The van der Waals surface area contributed by atoms with Gasteiger partial charge in [0.25, 0.3) is 0 Å². The van der Waals surface area contributed by atoms with Crippen molar-refractivity contribution in [2.45, 2.75) is 58.2 Å². The van der Waals surface area contributed by atoms with Crippen molar-refractivity contribution in [1.29, 1.82) is 0 Å². The standard InChI is InChI=1S/C12H23NO3/c1-4-9(3)16-8-11(12(14)15-5-2)13-10-6-7-10/h9-11,13H,4-8H2,1-3H3. The molecule has 0 amide bonds. The average Bonchev–Trinajstić information content (AvgIpc) is 3.07. The fourth-order valence-corrected chi connectivity index (χ4v) is 1.34. The highest BCUT2D eigenvalue weighted by Gasteiger charge is 2.29. The summed E-state index contributed by atoms with van der Waals surface area (Å²) in [4.78, 5) is 11.6. The maximum Gasteiger partial charge on any atom is 0.325 e. The maximum atomic E-state index is 11.6. The highest BCUT2D eigenvalue weighted by atomic mass is 16.5. The van der Waals surface area contributed by atoms with Gasteiger partial charge in [0.1, 0.15) is 6.04 Å². The lowest BCUT2D eigenvalue weighted by Crippen LogP contribution is -2.43. The Bertz CT molecular complexity index is 216. The number of rotatable bonds is 8. The predicted octanol–water partition coefficient (Wildman–Crippen LogP) is 1.49. The molecule has 0 aromatic carbocycles. The number of esters is 1. The van der Waals surface area contributed by atoms with Crippen LogP contribution in [0.1, 0.15) is 40.0 Å². The maximum absolute atomic E-state index is 11.6. The van der Waals surface area contributed by atoms with Crippen LogP contribution in [0.25, 0.3) is 0 Å². The van der Waals surface area contributed by atoms with E-state index in [9.17, 15) is 4.79 Å². The molecule has 1 aliphatic rings. The third-order valence-corrected chi connectivity index (χ3v) is 2.71. The van der Waals surface area contributed by atoms with E-state index in [-0.39, 0.29) is 18.1 Å². The zero-order chi connectivity index (χ0) is 12.0. The molecule has 94 valence electrons. The monoisotopic (exact) mass is 229 g/mol. The molecule has 1 fully saturated rings. The van der Waals surface area contributed by atoms with Gasteiger partial charge in [-0.05, 0) is 33.1 Å². The molecule has 0 heterocycles. The van der Waals surface area contributed by atoms with Gasteiger partial charge >= 0.3 is 5.97 Å². The van der Waals surface area contributed by atoms with Crippen molar-refractivity contribution in [3.8, 4) is 0 Å². The first-order valence-corrected chi connectivity index (χ1v) is 6.21. The molecular formula is C12H23NO3. The van der Waals surface area contributed by atoms with E-state index in [1.54, 1.807) is 0 Å². The second-order valence-corrected chi connectivity index (χ2v) is 4.30. The van der Waals surface area contributed by atoms with E-state index in [1.807, 2.05) is 13.8 Å². The number of hydrogen-bond donors (Lipinski definition) is 1. The van der Waals surface area contributed by atoms with Gasteiger partial charge in [0.2, 0.25) is 0 Å². The van der Waals surface area contributed by atoms with Crippen LogP contribution in [0, 0.1) is 0 Å².